The maximum absolute atomic E-state index is 4.75. The van der Waals surface area contributed by atoms with Crippen LogP contribution >= 0.6 is 0 Å². The molecule has 1 aliphatic carbocycles. The molecule has 7 heteroatoms. The smallest absolute Gasteiger partial charge is 0.231 e. The maximum atomic E-state index is 4.75. The zero-order valence-electron chi connectivity index (χ0n) is 22.6. The molecule has 2 aromatic carbocycles. The van der Waals surface area contributed by atoms with Gasteiger partial charge in [0.1, 0.15) is 0 Å². The highest BCUT2D eigenvalue weighted by Crippen LogP contribution is 2.34. The number of unbranched alkanes of at least 4 members (excludes halogenated alkanes) is 1. The zero-order chi connectivity index (χ0) is 26.2. The van der Waals surface area contributed by atoms with Crippen molar-refractivity contribution in [2.24, 2.45) is 0 Å². The molecule has 0 atom stereocenters. The first-order chi connectivity index (χ1) is 18.7. The SMILES string of the molecule is C=CCNc1nc(NCCCC)nc(N2CCC(NCC3c4ccccc4CCc4ccccc43)CC2)n1. The van der Waals surface area contributed by atoms with Crippen molar-refractivity contribution in [3.63, 3.8) is 0 Å². The van der Waals surface area contributed by atoms with Crippen molar-refractivity contribution in [1.82, 2.24) is 20.3 Å². The molecule has 0 spiro atoms. The van der Waals surface area contributed by atoms with Gasteiger partial charge in [0.15, 0.2) is 0 Å². The molecule has 7 nitrogen and oxygen atoms in total. The molecule has 2 aliphatic rings. The number of aromatic nitrogens is 3. The van der Waals surface area contributed by atoms with Crippen LogP contribution in [0.4, 0.5) is 17.8 Å². The number of nitrogens with one attached hydrogen (secondary N) is 3. The highest BCUT2D eigenvalue weighted by atomic mass is 15.3. The van der Waals surface area contributed by atoms with E-state index in [1.807, 2.05) is 6.08 Å². The molecule has 5 rings (SSSR count). The van der Waals surface area contributed by atoms with Gasteiger partial charge in [-0.05, 0) is 54.4 Å². The number of hydrogen-bond acceptors (Lipinski definition) is 7. The topological polar surface area (TPSA) is 78.0 Å². The quantitative estimate of drug-likeness (QED) is 0.242. The average Bonchev–Trinajstić information content (AvgIpc) is 3.12. The minimum atomic E-state index is 0.390. The van der Waals surface area contributed by atoms with E-state index in [4.69, 9.17) is 9.97 Å². The molecule has 38 heavy (non-hydrogen) atoms. The summed E-state index contributed by atoms with van der Waals surface area (Å²) in [6.07, 6.45) is 8.40. The Morgan fingerprint density at radius 3 is 2.16 bits per heavy atom. The molecule has 1 saturated heterocycles. The second-order valence-electron chi connectivity index (χ2n) is 10.4. The summed E-state index contributed by atoms with van der Waals surface area (Å²) in [6, 6.07) is 18.5. The summed E-state index contributed by atoms with van der Waals surface area (Å²) in [5.41, 5.74) is 5.94. The number of anilines is 3. The highest BCUT2D eigenvalue weighted by molar-refractivity contribution is 5.46. The van der Waals surface area contributed by atoms with Crippen molar-refractivity contribution in [2.75, 3.05) is 48.3 Å². The number of piperidine rings is 1. The predicted octanol–water partition coefficient (Wildman–Crippen LogP) is 5.17. The Balaban J connectivity index is 1.24. The average molecular weight is 512 g/mol. The van der Waals surface area contributed by atoms with E-state index in [2.05, 4.69) is 87.9 Å². The van der Waals surface area contributed by atoms with Gasteiger partial charge < -0.3 is 20.9 Å². The van der Waals surface area contributed by atoms with Crippen molar-refractivity contribution in [1.29, 1.82) is 0 Å². The summed E-state index contributed by atoms with van der Waals surface area (Å²) >= 11 is 0. The van der Waals surface area contributed by atoms with Crippen LogP contribution in [0.1, 0.15) is 60.8 Å². The van der Waals surface area contributed by atoms with Gasteiger partial charge >= 0.3 is 0 Å². The number of aryl methyl sites for hydroxylation is 2. The second-order valence-corrected chi connectivity index (χ2v) is 10.4. The van der Waals surface area contributed by atoms with E-state index < -0.39 is 0 Å². The first kappa shape index (κ1) is 26.2. The van der Waals surface area contributed by atoms with E-state index in [1.165, 1.54) is 22.3 Å². The summed E-state index contributed by atoms with van der Waals surface area (Å²) in [5.74, 6) is 2.37. The Labute approximate surface area is 227 Å². The number of fused-ring (bicyclic) bond motifs is 2. The van der Waals surface area contributed by atoms with Gasteiger partial charge in [0.25, 0.3) is 0 Å². The van der Waals surface area contributed by atoms with Crippen LogP contribution in [-0.4, -0.2) is 53.7 Å². The van der Waals surface area contributed by atoms with Gasteiger partial charge in [0, 0.05) is 44.7 Å². The molecule has 200 valence electrons. The van der Waals surface area contributed by atoms with E-state index in [0.717, 1.165) is 70.7 Å². The summed E-state index contributed by atoms with van der Waals surface area (Å²) in [4.78, 5) is 16.3. The van der Waals surface area contributed by atoms with Crippen LogP contribution in [0.15, 0.2) is 61.2 Å². The van der Waals surface area contributed by atoms with Crippen LogP contribution in [0.25, 0.3) is 0 Å². The van der Waals surface area contributed by atoms with E-state index in [-0.39, 0.29) is 0 Å². The fourth-order valence-corrected chi connectivity index (χ4v) is 5.63. The molecular formula is C31H41N7. The maximum Gasteiger partial charge on any atom is 0.231 e. The van der Waals surface area contributed by atoms with Crippen LogP contribution < -0.4 is 20.9 Å². The zero-order valence-corrected chi connectivity index (χ0v) is 22.6. The minimum absolute atomic E-state index is 0.390. The van der Waals surface area contributed by atoms with Crippen LogP contribution in [0.5, 0.6) is 0 Å². The molecule has 3 N–H and O–H groups in total. The molecule has 0 bridgehead atoms. The third kappa shape index (κ3) is 6.33. The van der Waals surface area contributed by atoms with Crippen LogP contribution in [-0.2, 0) is 12.8 Å². The largest absolute Gasteiger partial charge is 0.354 e. The molecule has 2 heterocycles. The predicted molar refractivity (Wildman–Crippen MR) is 157 cm³/mol. The highest BCUT2D eigenvalue weighted by Gasteiger charge is 2.26. The summed E-state index contributed by atoms with van der Waals surface area (Å²) in [6.45, 7) is 10.3. The molecule has 1 aliphatic heterocycles. The minimum Gasteiger partial charge on any atom is -0.354 e. The standard InChI is InChI=1S/C31H41N7/c1-3-5-19-33-30-35-29(32-18-4-2)36-31(37-30)38-20-16-25(17-21-38)34-22-28-26-12-8-6-10-23(26)14-15-24-11-7-9-13-27(24)28/h4,6-13,25,28,34H,2-3,5,14-22H2,1H3,(H2,32,33,35,36,37). The Bertz CT molecular complexity index is 1150. The third-order valence-electron chi connectivity index (χ3n) is 7.75. The Hall–Kier alpha value is -3.45. The van der Waals surface area contributed by atoms with Gasteiger partial charge in [-0.3, -0.25) is 0 Å². The van der Waals surface area contributed by atoms with Gasteiger partial charge in [0.05, 0.1) is 0 Å². The summed E-state index contributed by atoms with van der Waals surface area (Å²) in [7, 11) is 0. The summed E-state index contributed by atoms with van der Waals surface area (Å²) in [5, 5.41) is 10.5. The molecule has 0 saturated carbocycles. The number of benzene rings is 2. The molecule has 0 radical (unpaired) electrons. The first-order valence-corrected chi connectivity index (χ1v) is 14.2. The van der Waals surface area contributed by atoms with Crippen molar-refractivity contribution in [2.45, 2.75) is 57.4 Å². The van der Waals surface area contributed by atoms with E-state index in [9.17, 15) is 0 Å². The Morgan fingerprint density at radius 1 is 0.895 bits per heavy atom. The van der Waals surface area contributed by atoms with E-state index in [0.29, 0.717) is 30.4 Å². The molecular weight excluding hydrogens is 470 g/mol. The third-order valence-corrected chi connectivity index (χ3v) is 7.75. The first-order valence-electron chi connectivity index (χ1n) is 14.2. The lowest BCUT2D eigenvalue weighted by molar-refractivity contribution is 0.407. The fraction of sp³-hybridized carbons (Fsp3) is 0.452. The van der Waals surface area contributed by atoms with Gasteiger partial charge in [-0.15, -0.1) is 6.58 Å². The number of hydrogen-bond donors (Lipinski definition) is 3. The Kier molecular flexibility index (Phi) is 8.86. The van der Waals surface area contributed by atoms with Crippen LogP contribution in [0, 0.1) is 0 Å². The van der Waals surface area contributed by atoms with Crippen LogP contribution in [0.2, 0.25) is 0 Å². The number of nitrogens with zero attached hydrogens (tertiary/aromatic N) is 4. The van der Waals surface area contributed by atoms with Crippen molar-refractivity contribution in [3.8, 4) is 0 Å². The van der Waals surface area contributed by atoms with Gasteiger partial charge in [-0.2, -0.15) is 15.0 Å². The lowest BCUT2D eigenvalue weighted by Crippen LogP contribution is -2.44. The van der Waals surface area contributed by atoms with Crippen molar-refractivity contribution < 1.29 is 0 Å². The van der Waals surface area contributed by atoms with Gasteiger partial charge in [-0.25, -0.2) is 0 Å². The normalized spacial score (nSPS) is 15.9. The second kappa shape index (κ2) is 12.9. The molecule has 1 aromatic heterocycles. The molecule has 0 unspecified atom stereocenters. The van der Waals surface area contributed by atoms with Crippen LogP contribution in [0.3, 0.4) is 0 Å². The Morgan fingerprint density at radius 2 is 1.53 bits per heavy atom. The molecule has 0 amide bonds. The monoisotopic (exact) mass is 511 g/mol. The van der Waals surface area contributed by atoms with E-state index in [1.54, 1.807) is 0 Å². The van der Waals surface area contributed by atoms with Crippen molar-refractivity contribution in [3.05, 3.63) is 83.4 Å². The number of rotatable bonds is 11. The van der Waals surface area contributed by atoms with Crippen molar-refractivity contribution >= 4 is 17.8 Å². The molecule has 1 fully saturated rings. The van der Waals surface area contributed by atoms with Gasteiger partial charge in [0.2, 0.25) is 17.8 Å². The van der Waals surface area contributed by atoms with E-state index >= 15 is 0 Å². The molecule has 3 aromatic rings. The fourth-order valence-electron chi connectivity index (χ4n) is 5.63. The summed E-state index contributed by atoms with van der Waals surface area (Å²) < 4.78 is 0. The lowest BCUT2D eigenvalue weighted by atomic mass is 9.87. The van der Waals surface area contributed by atoms with Gasteiger partial charge in [-0.1, -0.05) is 68.0 Å². The lowest BCUT2D eigenvalue weighted by Gasteiger charge is -2.33.